The van der Waals surface area contributed by atoms with Crippen LogP contribution in [0.1, 0.15) is 17.0 Å². The molecule has 0 amide bonds. The van der Waals surface area contributed by atoms with Crippen LogP contribution in [0, 0.1) is 13.8 Å². The molecule has 2 aromatic rings. The normalized spacial score (nSPS) is 12.6. The monoisotopic (exact) mass is 388 g/mol. The minimum atomic E-state index is -3.83. The second-order valence-corrected chi connectivity index (χ2v) is 9.20. The standard InChI is InChI=1S/C14H20N4O5S2/c1-11-14(12(2)23-17-11)25(21,22)16-7-8-18(24(3,19)20)10-13-5-4-6-15-9-13/h4-6,9,16H,7-8,10H2,1-3H3. The number of aromatic nitrogens is 2. The van der Waals surface area contributed by atoms with Crippen LogP contribution >= 0.6 is 0 Å². The van der Waals surface area contributed by atoms with Crippen molar-refractivity contribution in [3.05, 3.63) is 41.5 Å². The molecule has 0 aliphatic rings. The van der Waals surface area contributed by atoms with Gasteiger partial charge in [-0.1, -0.05) is 11.2 Å². The van der Waals surface area contributed by atoms with Crippen LogP contribution in [0.3, 0.4) is 0 Å². The van der Waals surface area contributed by atoms with E-state index in [0.29, 0.717) is 5.56 Å². The molecule has 11 heteroatoms. The average Bonchev–Trinajstić information content (AvgIpc) is 2.86. The fourth-order valence-electron chi connectivity index (χ4n) is 2.29. The zero-order valence-electron chi connectivity index (χ0n) is 14.1. The van der Waals surface area contributed by atoms with E-state index in [4.69, 9.17) is 4.52 Å². The molecule has 0 aromatic carbocycles. The Kier molecular flexibility index (Phi) is 5.93. The third kappa shape index (κ3) is 5.08. The second-order valence-electron chi connectivity index (χ2n) is 5.51. The van der Waals surface area contributed by atoms with Crippen molar-refractivity contribution in [2.75, 3.05) is 19.3 Å². The number of aryl methyl sites for hydroxylation is 2. The van der Waals surface area contributed by atoms with Gasteiger partial charge in [-0.3, -0.25) is 4.98 Å². The van der Waals surface area contributed by atoms with Crippen LogP contribution in [0.2, 0.25) is 0 Å². The Balaban J connectivity index is 2.06. The number of hydrogen-bond acceptors (Lipinski definition) is 7. The van der Waals surface area contributed by atoms with Crippen LogP contribution < -0.4 is 4.72 Å². The van der Waals surface area contributed by atoms with E-state index in [-0.39, 0.29) is 36.0 Å². The summed E-state index contributed by atoms with van der Waals surface area (Å²) < 4.78 is 57.0. The molecule has 0 unspecified atom stereocenters. The zero-order valence-corrected chi connectivity index (χ0v) is 15.8. The molecule has 0 radical (unpaired) electrons. The van der Waals surface area contributed by atoms with Gasteiger partial charge in [0.2, 0.25) is 20.0 Å². The van der Waals surface area contributed by atoms with E-state index in [1.165, 1.54) is 18.2 Å². The molecule has 25 heavy (non-hydrogen) atoms. The summed E-state index contributed by atoms with van der Waals surface area (Å²) >= 11 is 0. The number of nitrogens with zero attached hydrogens (tertiary/aromatic N) is 3. The van der Waals surface area contributed by atoms with Gasteiger partial charge in [0.1, 0.15) is 10.6 Å². The highest BCUT2D eigenvalue weighted by Crippen LogP contribution is 2.18. The van der Waals surface area contributed by atoms with Crippen LogP contribution in [0.15, 0.2) is 33.9 Å². The third-order valence-electron chi connectivity index (χ3n) is 3.44. The quantitative estimate of drug-likeness (QED) is 0.695. The number of nitrogens with one attached hydrogen (secondary N) is 1. The largest absolute Gasteiger partial charge is 0.360 e. The summed E-state index contributed by atoms with van der Waals surface area (Å²) in [6, 6.07) is 3.45. The van der Waals surface area contributed by atoms with Gasteiger partial charge in [-0.2, -0.15) is 4.31 Å². The summed E-state index contributed by atoms with van der Waals surface area (Å²) in [5, 5.41) is 3.61. The first kappa shape index (κ1) is 19.5. The maximum absolute atomic E-state index is 12.3. The van der Waals surface area contributed by atoms with Gasteiger partial charge in [0.05, 0.1) is 6.26 Å². The maximum Gasteiger partial charge on any atom is 0.246 e. The molecule has 2 heterocycles. The van der Waals surface area contributed by atoms with Gasteiger partial charge < -0.3 is 4.52 Å². The van der Waals surface area contributed by atoms with E-state index >= 15 is 0 Å². The van der Waals surface area contributed by atoms with E-state index in [2.05, 4.69) is 14.9 Å². The first-order valence-corrected chi connectivity index (χ1v) is 10.7. The molecule has 0 saturated heterocycles. The Morgan fingerprint density at radius 3 is 2.48 bits per heavy atom. The SMILES string of the molecule is Cc1noc(C)c1S(=O)(=O)NCCN(Cc1cccnc1)S(C)(=O)=O. The molecule has 0 atom stereocenters. The van der Waals surface area contributed by atoms with Gasteiger partial charge in [0.25, 0.3) is 0 Å². The molecular weight excluding hydrogens is 368 g/mol. The summed E-state index contributed by atoms with van der Waals surface area (Å²) in [6.45, 7) is 3.03. The summed E-state index contributed by atoms with van der Waals surface area (Å²) in [4.78, 5) is 3.92. The summed E-state index contributed by atoms with van der Waals surface area (Å²) in [6.07, 6.45) is 4.23. The van der Waals surface area contributed by atoms with Crippen molar-refractivity contribution >= 4 is 20.0 Å². The molecule has 9 nitrogen and oxygen atoms in total. The van der Waals surface area contributed by atoms with Gasteiger partial charge in [0, 0.05) is 32.0 Å². The van der Waals surface area contributed by atoms with Gasteiger partial charge in [0.15, 0.2) is 5.76 Å². The molecule has 0 bridgehead atoms. The van der Waals surface area contributed by atoms with E-state index < -0.39 is 20.0 Å². The fourth-order valence-corrected chi connectivity index (χ4v) is 4.45. The lowest BCUT2D eigenvalue weighted by molar-refractivity contribution is 0.390. The molecule has 138 valence electrons. The number of sulfonamides is 2. The molecule has 0 fully saturated rings. The highest BCUT2D eigenvalue weighted by atomic mass is 32.2. The van der Waals surface area contributed by atoms with E-state index in [9.17, 15) is 16.8 Å². The van der Waals surface area contributed by atoms with Crippen molar-refractivity contribution in [3.63, 3.8) is 0 Å². The Bertz CT molecular complexity index is 904. The molecular formula is C14H20N4O5S2. The molecule has 2 aromatic heterocycles. The number of pyridine rings is 1. The Hall–Kier alpha value is -1.82. The molecule has 0 aliphatic carbocycles. The average molecular weight is 388 g/mol. The van der Waals surface area contributed by atoms with Crippen molar-refractivity contribution in [2.45, 2.75) is 25.3 Å². The highest BCUT2D eigenvalue weighted by molar-refractivity contribution is 7.89. The lowest BCUT2D eigenvalue weighted by atomic mass is 10.3. The van der Waals surface area contributed by atoms with Crippen molar-refractivity contribution < 1.29 is 21.4 Å². The summed E-state index contributed by atoms with van der Waals surface area (Å²) in [5.74, 6) is 0.181. The van der Waals surface area contributed by atoms with Gasteiger partial charge in [-0.25, -0.2) is 21.6 Å². The molecule has 1 N–H and O–H groups in total. The lowest BCUT2D eigenvalue weighted by Gasteiger charge is -2.20. The van der Waals surface area contributed by atoms with Gasteiger partial charge in [-0.15, -0.1) is 0 Å². The first-order chi connectivity index (χ1) is 11.6. The Labute approximate surface area is 147 Å². The van der Waals surface area contributed by atoms with Gasteiger partial charge in [-0.05, 0) is 25.5 Å². The van der Waals surface area contributed by atoms with E-state index in [1.807, 2.05) is 0 Å². The first-order valence-electron chi connectivity index (χ1n) is 7.38. The fraction of sp³-hybridized carbons (Fsp3) is 0.429. The van der Waals surface area contributed by atoms with Crippen LogP contribution in [0.5, 0.6) is 0 Å². The Morgan fingerprint density at radius 2 is 1.96 bits per heavy atom. The highest BCUT2D eigenvalue weighted by Gasteiger charge is 2.25. The predicted octanol–water partition coefficient (Wildman–Crippen LogP) is 0.427. The van der Waals surface area contributed by atoms with E-state index in [0.717, 1.165) is 6.26 Å². The van der Waals surface area contributed by atoms with Crippen LogP contribution in [-0.4, -0.2) is 50.6 Å². The van der Waals surface area contributed by atoms with Gasteiger partial charge >= 0.3 is 0 Å². The van der Waals surface area contributed by atoms with Crippen LogP contribution in [0.25, 0.3) is 0 Å². The third-order valence-corrected chi connectivity index (χ3v) is 6.39. The topological polar surface area (TPSA) is 122 Å². The number of rotatable bonds is 8. The van der Waals surface area contributed by atoms with Crippen molar-refractivity contribution in [3.8, 4) is 0 Å². The molecule has 2 rings (SSSR count). The van der Waals surface area contributed by atoms with Crippen molar-refractivity contribution in [1.29, 1.82) is 0 Å². The second kappa shape index (κ2) is 7.60. The molecule has 0 spiro atoms. The summed E-state index contributed by atoms with van der Waals surface area (Å²) in [7, 11) is -7.34. The minimum absolute atomic E-state index is 0.0175. The zero-order chi connectivity index (χ0) is 18.7. The van der Waals surface area contributed by atoms with Crippen LogP contribution in [0.4, 0.5) is 0 Å². The predicted molar refractivity (Wildman–Crippen MR) is 90.7 cm³/mol. The smallest absolute Gasteiger partial charge is 0.246 e. The van der Waals surface area contributed by atoms with Crippen molar-refractivity contribution in [1.82, 2.24) is 19.2 Å². The molecule has 0 saturated carbocycles. The molecule has 0 aliphatic heterocycles. The van der Waals surface area contributed by atoms with E-state index in [1.54, 1.807) is 24.5 Å². The lowest BCUT2D eigenvalue weighted by Crippen LogP contribution is -2.37. The Morgan fingerprint density at radius 1 is 1.24 bits per heavy atom. The maximum atomic E-state index is 12.3. The van der Waals surface area contributed by atoms with Crippen LogP contribution in [-0.2, 0) is 26.6 Å². The number of hydrogen-bond donors (Lipinski definition) is 1. The minimum Gasteiger partial charge on any atom is -0.360 e. The van der Waals surface area contributed by atoms with Crippen molar-refractivity contribution in [2.24, 2.45) is 0 Å². The summed E-state index contributed by atoms with van der Waals surface area (Å²) in [5.41, 5.74) is 0.960.